The molecule has 5 heteroatoms. The highest BCUT2D eigenvalue weighted by Gasteiger charge is 2.48. The van der Waals surface area contributed by atoms with Crippen molar-refractivity contribution in [1.29, 1.82) is 0 Å². The van der Waals surface area contributed by atoms with Gasteiger partial charge in [0.1, 0.15) is 5.76 Å². The van der Waals surface area contributed by atoms with Crippen molar-refractivity contribution in [1.82, 2.24) is 5.32 Å². The molecule has 1 aliphatic heterocycles. The van der Waals surface area contributed by atoms with Gasteiger partial charge in [0.15, 0.2) is 0 Å². The Bertz CT molecular complexity index is 688. The van der Waals surface area contributed by atoms with E-state index in [0.717, 1.165) is 29.5 Å². The summed E-state index contributed by atoms with van der Waals surface area (Å²) >= 11 is 6.15. The number of aliphatic hydroxyl groups is 1. The van der Waals surface area contributed by atoms with E-state index in [9.17, 15) is 9.90 Å². The molecule has 0 radical (unpaired) electrons. The summed E-state index contributed by atoms with van der Waals surface area (Å²) in [5, 5.41) is 14.5. The van der Waals surface area contributed by atoms with Crippen LogP contribution in [0.5, 0.6) is 0 Å². The topological polar surface area (TPSA) is 58.6 Å². The van der Waals surface area contributed by atoms with E-state index in [0.29, 0.717) is 23.4 Å². The Hall–Kier alpha value is -1.52. The van der Waals surface area contributed by atoms with Gasteiger partial charge in [-0.05, 0) is 68.4 Å². The Morgan fingerprint density at radius 3 is 2.52 bits per heavy atom. The highest BCUT2D eigenvalue weighted by atomic mass is 35.5. The van der Waals surface area contributed by atoms with Crippen LogP contribution in [0.4, 0.5) is 0 Å². The molecule has 0 atom stereocenters. The zero-order chi connectivity index (χ0) is 16.8. The zero-order valence-corrected chi connectivity index (χ0v) is 14.5. The molecule has 23 heavy (non-hydrogen) atoms. The van der Waals surface area contributed by atoms with Crippen molar-refractivity contribution in [3.05, 3.63) is 39.6 Å². The van der Waals surface area contributed by atoms with Gasteiger partial charge in [-0.2, -0.15) is 0 Å². The van der Waals surface area contributed by atoms with Crippen LogP contribution in [0.3, 0.4) is 0 Å². The second-order valence-corrected chi connectivity index (χ2v) is 7.02. The minimum Gasteiger partial charge on any atom is -0.509 e. The average Bonchev–Trinajstić information content (AvgIpc) is 2.75. The average molecular weight is 336 g/mol. The molecule has 2 aliphatic rings. The van der Waals surface area contributed by atoms with E-state index in [1.165, 1.54) is 0 Å². The third kappa shape index (κ3) is 2.64. The Morgan fingerprint density at radius 1 is 1.26 bits per heavy atom. The molecule has 1 heterocycles. The van der Waals surface area contributed by atoms with E-state index in [1.807, 2.05) is 26.0 Å². The molecule has 0 bridgehead atoms. The summed E-state index contributed by atoms with van der Waals surface area (Å²) in [6.07, 6.45) is 3.24. The van der Waals surface area contributed by atoms with Gasteiger partial charge < -0.3 is 15.2 Å². The predicted octanol–water partition coefficient (Wildman–Crippen LogP) is 3.68. The molecular formula is C18H22ClNO3. The molecule has 4 nitrogen and oxygen atoms in total. The van der Waals surface area contributed by atoms with Crippen LogP contribution >= 0.6 is 11.6 Å². The monoisotopic (exact) mass is 335 g/mol. The van der Waals surface area contributed by atoms with Crippen molar-refractivity contribution >= 4 is 23.1 Å². The number of hydrogen-bond donors (Lipinski definition) is 2. The molecule has 0 unspecified atom stereocenters. The van der Waals surface area contributed by atoms with Crippen molar-refractivity contribution in [2.75, 3.05) is 7.11 Å². The lowest BCUT2D eigenvalue weighted by Gasteiger charge is -2.36. The number of benzene rings is 1. The van der Waals surface area contributed by atoms with Crippen LogP contribution in [0.25, 0.3) is 5.57 Å². The first-order chi connectivity index (χ1) is 10.9. The number of carbonyl (C=O) groups excluding carboxylic acids is 1. The van der Waals surface area contributed by atoms with Crippen LogP contribution in [-0.4, -0.2) is 29.8 Å². The molecule has 3 rings (SSSR count). The minimum absolute atomic E-state index is 0.168. The molecule has 1 saturated carbocycles. The van der Waals surface area contributed by atoms with Gasteiger partial charge in [-0.25, -0.2) is 0 Å². The fourth-order valence-corrected chi connectivity index (χ4v) is 3.89. The molecular weight excluding hydrogens is 314 g/mol. The SMILES string of the molecule is COC1CCC2(CC1)NC(=O)C(c1cc(C)c(Cl)cc1C)=C2O. The Labute approximate surface area is 141 Å². The Balaban J connectivity index is 2.02. The van der Waals surface area contributed by atoms with Gasteiger partial charge in [0.05, 0.1) is 17.2 Å². The van der Waals surface area contributed by atoms with Gasteiger partial charge in [0.25, 0.3) is 5.91 Å². The molecule has 124 valence electrons. The summed E-state index contributed by atoms with van der Waals surface area (Å²) < 4.78 is 5.39. The summed E-state index contributed by atoms with van der Waals surface area (Å²) in [7, 11) is 1.71. The highest BCUT2D eigenvalue weighted by molar-refractivity contribution is 6.31. The van der Waals surface area contributed by atoms with Gasteiger partial charge in [0, 0.05) is 12.1 Å². The lowest BCUT2D eigenvalue weighted by atomic mass is 9.79. The van der Waals surface area contributed by atoms with Gasteiger partial charge in [-0.3, -0.25) is 4.79 Å². The van der Waals surface area contributed by atoms with Crippen LogP contribution in [0.1, 0.15) is 42.4 Å². The van der Waals surface area contributed by atoms with Crippen molar-refractivity contribution in [3.8, 4) is 0 Å². The third-order valence-electron chi connectivity index (χ3n) is 5.16. The van der Waals surface area contributed by atoms with E-state index in [4.69, 9.17) is 16.3 Å². The number of halogens is 1. The van der Waals surface area contributed by atoms with Crippen molar-refractivity contribution in [2.45, 2.75) is 51.2 Å². The summed E-state index contributed by atoms with van der Waals surface area (Å²) in [5.41, 5.74) is 2.29. The van der Waals surface area contributed by atoms with Gasteiger partial charge >= 0.3 is 0 Å². The van der Waals surface area contributed by atoms with E-state index in [-0.39, 0.29) is 17.8 Å². The van der Waals surface area contributed by atoms with Crippen molar-refractivity contribution in [2.24, 2.45) is 0 Å². The molecule has 1 amide bonds. The van der Waals surface area contributed by atoms with Crippen LogP contribution in [0.15, 0.2) is 17.9 Å². The smallest absolute Gasteiger partial charge is 0.256 e. The molecule has 0 aromatic heterocycles. The summed E-state index contributed by atoms with van der Waals surface area (Å²) in [5.74, 6) is -0.0370. The second kappa shape index (κ2) is 5.84. The quantitative estimate of drug-likeness (QED) is 0.866. The second-order valence-electron chi connectivity index (χ2n) is 6.61. The summed E-state index contributed by atoms with van der Waals surface area (Å²) in [6, 6.07) is 3.72. The largest absolute Gasteiger partial charge is 0.509 e. The van der Waals surface area contributed by atoms with E-state index >= 15 is 0 Å². The fourth-order valence-electron chi connectivity index (χ4n) is 3.67. The molecule has 2 N–H and O–H groups in total. The van der Waals surface area contributed by atoms with Gasteiger partial charge in [-0.1, -0.05) is 11.6 Å². The minimum atomic E-state index is -0.637. The number of aryl methyl sites for hydroxylation is 2. The predicted molar refractivity (Wildman–Crippen MR) is 90.6 cm³/mol. The maximum Gasteiger partial charge on any atom is 0.256 e. The van der Waals surface area contributed by atoms with Crippen LogP contribution in [0, 0.1) is 13.8 Å². The third-order valence-corrected chi connectivity index (χ3v) is 5.57. The zero-order valence-electron chi connectivity index (χ0n) is 13.7. The first-order valence-corrected chi connectivity index (χ1v) is 8.32. The van der Waals surface area contributed by atoms with Crippen LogP contribution < -0.4 is 5.32 Å². The molecule has 1 spiro atoms. The number of nitrogens with one attached hydrogen (secondary N) is 1. The van der Waals surface area contributed by atoms with Crippen molar-refractivity contribution < 1.29 is 14.6 Å². The number of ether oxygens (including phenoxy) is 1. The number of rotatable bonds is 2. The molecule has 1 fully saturated rings. The van der Waals surface area contributed by atoms with E-state index in [2.05, 4.69) is 5.32 Å². The summed E-state index contributed by atoms with van der Waals surface area (Å²) in [4.78, 5) is 12.6. The van der Waals surface area contributed by atoms with Crippen molar-refractivity contribution in [3.63, 3.8) is 0 Å². The number of aliphatic hydroxyl groups excluding tert-OH is 1. The highest BCUT2D eigenvalue weighted by Crippen LogP contribution is 2.42. The molecule has 1 aromatic carbocycles. The maximum atomic E-state index is 12.6. The van der Waals surface area contributed by atoms with Crippen LogP contribution in [0.2, 0.25) is 5.02 Å². The van der Waals surface area contributed by atoms with Gasteiger partial charge in [-0.15, -0.1) is 0 Å². The number of hydrogen-bond acceptors (Lipinski definition) is 3. The Kier molecular flexibility index (Phi) is 4.15. The van der Waals surface area contributed by atoms with E-state index < -0.39 is 5.54 Å². The lowest BCUT2D eigenvalue weighted by molar-refractivity contribution is -0.116. The number of amides is 1. The molecule has 0 saturated heterocycles. The van der Waals surface area contributed by atoms with Gasteiger partial charge in [0.2, 0.25) is 0 Å². The fraction of sp³-hybridized carbons (Fsp3) is 0.500. The normalized spacial score (nSPS) is 27.7. The number of carbonyl (C=O) groups is 1. The molecule has 1 aromatic rings. The summed E-state index contributed by atoms with van der Waals surface area (Å²) in [6.45, 7) is 3.80. The maximum absolute atomic E-state index is 12.6. The van der Waals surface area contributed by atoms with E-state index in [1.54, 1.807) is 7.11 Å². The number of methoxy groups -OCH3 is 1. The van der Waals surface area contributed by atoms with Crippen LogP contribution in [-0.2, 0) is 9.53 Å². The standard InChI is InChI=1S/C18H22ClNO3/c1-10-9-14(19)11(2)8-13(10)15-16(21)18(20-17(15)22)6-4-12(23-3)5-7-18/h8-9,12,21H,4-7H2,1-3H3,(H,20,22). The molecule has 1 aliphatic carbocycles. The lowest BCUT2D eigenvalue weighted by Crippen LogP contribution is -2.48. The first-order valence-electron chi connectivity index (χ1n) is 7.94. The Morgan fingerprint density at radius 2 is 1.91 bits per heavy atom. The first kappa shape index (κ1) is 16.3.